The third-order valence-electron chi connectivity index (χ3n) is 17.3. The lowest BCUT2D eigenvalue weighted by molar-refractivity contribution is -0.115. The molecule has 0 aliphatic heterocycles. The number of rotatable bonds is 20. The number of halogens is 2. The molecule has 0 bridgehead atoms. The van der Waals surface area contributed by atoms with Crippen molar-refractivity contribution in [2.24, 2.45) is 20.5 Å². The second-order valence-corrected chi connectivity index (χ2v) is 35.7. The minimum Gasteiger partial charge on any atom is -0.505 e. The van der Waals surface area contributed by atoms with Gasteiger partial charge in [0.05, 0.1) is 26.1 Å². The molecule has 37 nitrogen and oxygen atoms in total. The van der Waals surface area contributed by atoms with Crippen molar-refractivity contribution in [3.63, 3.8) is 0 Å². The number of nitrogens with two attached hydrogens (primary N) is 2. The standard InChI is InChI=1S/C40H26Cl2N4O16S4.C32H24N6O11S3/c41-33-35(43-23-7-1-19(2-8-23)39(49)45-25-11-5-21-13-27(63(51,52)53)17-31(29(21)15-25)65(57,58)59)37(47)34(42)36(38(33)48)44-24-9-3-20(4-10-24)40(50)46-26-12-6-22-14-28(64(54,55)56)18-32(30(22)16-26)66(60,61)62;33-20-6-1-18-12-26(51(44,45)46)29(31(39)24(18)14-20)37-35-21-7-2-16(3-8-21)17-4-9-22(10-5-17)36-38-30-27(52(47,48)49)13-19-11-23(50(41,42)43)15-25(34)28(19)32(30)40/h1-18,43-44H,(H,45,49)(H,46,50)(H,51,52,53)(H,54,55,56)(H,57,58,59)(H,60,61,62);1-15,39-40H,33-34H2,(H,41,42,43)(H,44,45,46)(H,47,48,49). The molecule has 0 aromatic heterocycles. The van der Waals surface area contributed by atoms with Crippen molar-refractivity contribution in [2.45, 2.75) is 34.3 Å². The van der Waals surface area contributed by atoms with E-state index in [1.165, 1.54) is 103 Å². The number of anilines is 6. The zero-order valence-corrected chi connectivity index (χ0v) is 65.7. The number of aromatic hydroxyl groups is 2. The van der Waals surface area contributed by atoms with Gasteiger partial charge in [-0.15, -0.1) is 10.2 Å². The van der Waals surface area contributed by atoms with E-state index in [0.717, 1.165) is 48.5 Å². The Balaban J connectivity index is 0.000000223. The molecule has 0 fully saturated rings. The highest BCUT2D eigenvalue weighted by Gasteiger charge is 2.35. The molecule has 0 radical (unpaired) electrons. The van der Waals surface area contributed by atoms with Crippen molar-refractivity contribution in [3.8, 4) is 22.6 Å². The first-order valence-corrected chi connectivity index (χ1v) is 43.3. The zero-order chi connectivity index (χ0) is 86.0. The number of hydrogen-bond acceptors (Lipinski definition) is 28. The molecule has 46 heteroatoms. The summed E-state index contributed by atoms with van der Waals surface area (Å²) in [4.78, 5) is 47.4. The van der Waals surface area contributed by atoms with Gasteiger partial charge in [0.25, 0.3) is 82.6 Å². The van der Waals surface area contributed by atoms with Crippen LogP contribution in [0.4, 0.5) is 56.9 Å². The van der Waals surface area contributed by atoms with Crippen molar-refractivity contribution in [2.75, 3.05) is 32.7 Å². The summed E-state index contributed by atoms with van der Waals surface area (Å²) in [5, 5.41) is 46.5. The number of phenols is 2. The molecule has 0 heterocycles. The maximum Gasteiger partial charge on any atom is 0.296 e. The molecule has 2 amide bonds. The minimum absolute atomic E-state index is 0.000497. The Morgan fingerprint density at radius 3 is 1.06 bits per heavy atom. The molecule has 13 rings (SSSR count). The molecule has 1 aliphatic carbocycles. The highest BCUT2D eigenvalue weighted by atomic mass is 35.5. The summed E-state index contributed by atoms with van der Waals surface area (Å²) in [6, 6.07) is 42.1. The lowest BCUT2D eigenvalue weighted by Crippen LogP contribution is -2.27. The van der Waals surface area contributed by atoms with Crippen LogP contribution in [0, 0.1) is 0 Å². The van der Waals surface area contributed by atoms with Gasteiger partial charge in [0, 0.05) is 66.8 Å². The summed E-state index contributed by atoms with van der Waals surface area (Å²) in [6.07, 6.45) is 0. The van der Waals surface area contributed by atoms with E-state index in [4.69, 9.17) is 34.7 Å². The quantitative estimate of drug-likeness (QED) is 0.0146. The van der Waals surface area contributed by atoms with Crippen molar-refractivity contribution < 1.29 is 120 Å². The largest absolute Gasteiger partial charge is 0.505 e. The Bertz CT molecular complexity index is 7150. The van der Waals surface area contributed by atoms with Crippen LogP contribution in [0.2, 0.25) is 0 Å². The van der Waals surface area contributed by atoms with E-state index in [9.17, 15) is 120 Å². The molecule has 0 unspecified atom stereocenters. The van der Waals surface area contributed by atoms with Gasteiger partial charge >= 0.3 is 0 Å². The van der Waals surface area contributed by atoms with Crippen LogP contribution in [0.1, 0.15) is 20.7 Å². The van der Waals surface area contributed by atoms with Crippen molar-refractivity contribution in [3.05, 3.63) is 233 Å². The Labute approximate surface area is 675 Å². The molecule has 1 aliphatic rings. The van der Waals surface area contributed by atoms with Crippen molar-refractivity contribution >= 4 is 217 Å². The number of carbonyl (C=O) groups is 4. The average molecular weight is 1780 g/mol. The van der Waals surface area contributed by atoms with Gasteiger partial charge in [-0.25, -0.2) is 0 Å². The van der Waals surface area contributed by atoms with Gasteiger partial charge < -0.3 is 42.9 Å². The molecule has 17 N–H and O–H groups in total. The Morgan fingerprint density at radius 1 is 0.339 bits per heavy atom. The van der Waals surface area contributed by atoms with Gasteiger partial charge in [0.2, 0.25) is 11.6 Å². The number of nitrogen functional groups attached to an aromatic ring is 2. The van der Waals surface area contributed by atoms with E-state index in [1.54, 1.807) is 36.4 Å². The summed E-state index contributed by atoms with van der Waals surface area (Å²) < 4.78 is 234. The van der Waals surface area contributed by atoms with Crippen LogP contribution >= 0.6 is 23.2 Å². The van der Waals surface area contributed by atoms with Crippen LogP contribution in [-0.4, -0.2) is 124 Å². The SMILES string of the molecule is Nc1ccc2cc(S(=O)(=O)O)c(N=Nc3ccc(-c4ccc(N=Nc5c(S(=O)(=O)O)cc6cc(S(=O)(=O)O)cc(N)c6c5O)cc4)cc3)c(O)c2c1.O=C1C(Cl)=C(Nc2ccc(C(=O)Nc3ccc4cc(S(=O)(=O)O)cc(S(=O)(=O)O)c4c3)cc2)C(=O)C(Cl)=C1Nc1ccc(C(=O)Nc2ccc3cc(S(=O)(=O)O)cc(S(=O)(=O)O)c3c2)cc1. The van der Waals surface area contributed by atoms with Crippen LogP contribution in [0.15, 0.2) is 276 Å². The van der Waals surface area contributed by atoms with Crippen molar-refractivity contribution in [1.29, 1.82) is 0 Å². The number of benzene rings is 12. The summed E-state index contributed by atoms with van der Waals surface area (Å²) in [6.45, 7) is 0. The number of ketones is 2. The monoisotopic (exact) mass is 1780 g/mol. The molecule has 0 saturated heterocycles. The Hall–Kier alpha value is -12.6. The topological polar surface area (TPSA) is 639 Å². The van der Waals surface area contributed by atoms with E-state index >= 15 is 0 Å². The summed E-state index contributed by atoms with van der Waals surface area (Å²) in [5.74, 6) is -4.57. The fraction of sp³-hybridized carbons (Fsp3) is 0. The third-order valence-corrected chi connectivity index (χ3v) is 24.0. The fourth-order valence-corrected chi connectivity index (χ4v) is 16.7. The molecule has 12 aromatic rings. The summed E-state index contributed by atoms with van der Waals surface area (Å²) in [5.41, 5.74) is 12.1. The number of fused-ring (bicyclic) bond motifs is 4. The molecular weight excluding hydrogens is 1730 g/mol. The normalized spacial score (nSPS) is 13.4. The fourth-order valence-electron chi connectivity index (χ4n) is 11.7. The van der Waals surface area contributed by atoms with E-state index < -0.39 is 173 Å². The molecule has 0 spiro atoms. The molecule has 118 heavy (non-hydrogen) atoms. The third kappa shape index (κ3) is 18.4. The lowest BCUT2D eigenvalue weighted by Gasteiger charge is -2.20. The Kier molecular flexibility index (Phi) is 22.8. The zero-order valence-electron chi connectivity index (χ0n) is 58.5. The number of amides is 2. The minimum atomic E-state index is -5.04. The van der Waals surface area contributed by atoms with Gasteiger partial charge in [0.15, 0.2) is 11.5 Å². The molecular formula is C72H50Cl2N10O27S7. The van der Waals surface area contributed by atoms with Gasteiger partial charge in [-0.3, -0.25) is 51.0 Å². The van der Waals surface area contributed by atoms with Gasteiger partial charge in [-0.2, -0.15) is 69.2 Å². The van der Waals surface area contributed by atoms with E-state index in [0.29, 0.717) is 34.3 Å². The van der Waals surface area contributed by atoms with Crippen molar-refractivity contribution in [1.82, 2.24) is 0 Å². The average Bonchev–Trinajstić information content (AvgIpc) is 0.760. The highest BCUT2D eigenvalue weighted by Crippen LogP contribution is 2.46. The van der Waals surface area contributed by atoms with E-state index in [-0.39, 0.29) is 88.6 Å². The van der Waals surface area contributed by atoms with Gasteiger partial charge in [-0.05, 0) is 190 Å². The number of allylic oxidation sites excluding steroid dienone is 2. The van der Waals surface area contributed by atoms with Crippen LogP contribution in [0.5, 0.6) is 11.5 Å². The van der Waals surface area contributed by atoms with Crippen LogP contribution in [-0.2, 0) is 80.4 Å². The predicted molar refractivity (Wildman–Crippen MR) is 429 cm³/mol. The van der Waals surface area contributed by atoms with Gasteiger partial charge in [0.1, 0.15) is 52.4 Å². The summed E-state index contributed by atoms with van der Waals surface area (Å²) >= 11 is 12.7. The number of nitrogens with one attached hydrogen (secondary N) is 4. The van der Waals surface area contributed by atoms with E-state index in [2.05, 4.69) is 41.7 Å². The number of nitrogens with zero attached hydrogens (tertiary/aromatic N) is 4. The molecule has 12 aromatic carbocycles. The lowest BCUT2D eigenvalue weighted by atomic mass is 10.0. The first kappa shape index (κ1) is 84.8. The second kappa shape index (κ2) is 31.8. The Morgan fingerprint density at radius 2 is 0.678 bits per heavy atom. The smallest absolute Gasteiger partial charge is 0.296 e. The molecule has 0 atom stereocenters. The predicted octanol–water partition coefficient (Wildman–Crippen LogP) is 12.9. The first-order valence-electron chi connectivity index (χ1n) is 32.4. The first-order chi connectivity index (χ1) is 55.0. The maximum atomic E-state index is 13.4. The molecule has 606 valence electrons. The second-order valence-electron chi connectivity index (χ2n) is 25.1. The van der Waals surface area contributed by atoms with E-state index in [1.807, 2.05) is 0 Å². The maximum absolute atomic E-state index is 13.4. The number of Topliss-reactive ketones (excluding diaryl/α,β-unsaturated/α-hetero) is 2. The summed E-state index contributed by atoms with van der Waals surface area (Å²) in [7, 11) is -34.3. The number of hydrogen-bond donors (Lipinski definition) is 15. The highest BCUT2D eigenvalue weighted by molar-refractivity contribution is 7.88. The number of phenolic OH excluding ortho intramolecular Hbond substituents is 2. The molecule has 0 saturated carbocycles. The van der Waals surface area contributed by atoms with Gasteiger partial charge in [-0.1, -0.05) is 65.7 Å². The van der Waals surface area contributed by atoms with Crippen LogP contribution in [0.25, 0.3) is 54.2 Å². The van der Waals surface area contributed by atoms with Crippen LogP contribution < -0.4 is 32.7 Å². The number of carbonyl (C=O) groups excluding carboxylic acids is 4. The van der Waals surface area contributed by atoms with Crippen LogP contribution in [0.3, 0.4) is 0 Å². The number of azo groups is 2.